The third-order valence-corrected chi connectivity index (χ3v) is 6.36. The number of benzene rings is 3. The first kappa shape index (κ1) is 24.1. The number of hydrogen-bond acceptors (Lipinski definition) is 9. The molecule has 37 heavy (non-hydrogen) atoms. The van der Waals surface area contributed by atoms with E-state index in [0.29, 0.717) is 29.3 Å². The van der Waals surface area contributed by atoms with Crippen LogP contribution in [0.3, 0.4) is 0 Å². The highest BCUT2D eigenvalue weighted by atomic mass is 16.7. The molecule has 2 aliphatic rings. The number of methoxy groups -OCH3 is 1. The molecule has 0 saturated carbocycles. The molecule has 11 heteroatoms. The Hall–Kier alpha value is -4.64. The molecule has 2 aliphatic heterocycles. The molecule has 0 radical (unpaired) electrons. The lowest BCUT2D eigenvalue weighted by molar-refractivity contribution is -0.384. The van der Waals surface area contributed by atoms with Gasteiger partial charge in [-0.3, -0.25) is 24.5 Å². The van der Waals surface area contributed by atoms with Gasteiger partial charge in [0.05, 0.1) is 36.1 Å². The molecule has 0 spiro atoms. The van der Waals surface area contributed by atoms with Crippen LogP contribution in [0.4, 0.5) is 17.1 Å². The van der Waals surface area contributed by atoms with Crippen LogP contribution in [-0.2, 0) is 14.4 Å². The molecule has 2 saturated heterocycles. The first-order chi connectivity index (χ1) is 17.8. The quantitative estimate of drug-likeness (QED) is 0.290. The number of carbonyl (C=O) groups is 2. The van der Waals surface area contributed by atoms with E-state index in [4.69, 9.17) is 14.3 Å². The van der Waals surface area contributed by atoms with Crippen molar-refractivity contribution in [3.05, 3.63) is 82.4 Å². The van der Waals surface area contributed by atoms with E-state index in [2.05, 4.69) is 0 Å². The van der Waals surface area contributed by atoms with Crippen molar-refractivity contribution in [2.24, 2.45) is 5.92 Å². The lowest BCUT2D eigenvalue weighted by atomic mass is 9.90. The normalized spacial score (nSPS) is 20.8. The van der Waals surface area contributed by atoms with E-state index in [9.17, 15) is 24.8 Å². The average molecular weight is 505 g/mol. The fourth-order valence-electron chi connectivity index (χ4n) is 4.71. The summed E-state index contributed by atoms with van der Waals surface area (Å²) in [7, 11) is 1.39. The van der Waals surface area contributed by atoms with Crippen LogP contribution in [0.25, 0.3) is 0 Å². The SMILES string of the molecule is CCOc1ccc(N2C(=O)[C@@H]3[C@@H](ON(c4cccc([N+](=O)[O-])c4)[C@H]3c3ccc(O)c(OC)c3)C2=O)cc1. The number of amides is 2. The van der Waals surface area contributed by atoms with Crippen molar-refractivity contribution < 1.29 is 33.9 Å². The van der Waals surface area contributed by atoms with Crippen LogP contribution in [0.5, 0.6) is 17.2 Å². The zero-order valence-electron chi connectivity index (χ0n) is 19.9. The van der Waals surface area contributed by atoms with Crippen molar-refractivity contribution in [1.29, 1.82) is 0 Å². The topological polar surface area (TPSA) is 132 Å². The highest BCUT2D eigenvalue weighted by Gasteiger charge is 2.60. The van der Waals surface area contributed by atoms with Crippen molar-refractivity contribution in [3.8, 4) is 17.2 Å². The minimum absolute atomic E-state index is 0.103. The van der Waals surface area contributed by atoms with Gasteiger partial charge in [-0.2, -0.15) is 0 Å². The highest BCUT2D eigenvalue weighted by molar-refractivity contribution is 6.24. The number of ether oxygens (including phenoxy) is 2. The Morgan fingerprint density at radius 2 is 1.78 bits per heavy atom. The van der Waals surface area contributed by atoms with E-state index in [1.807, 2.05) is 6.92 Å². The van der Waals surface area contributed by atoms with Crippen LogP contribution in [-0.4, -0.2) is 41.7 Å². The van der Waals surface area contributed by atoms with E-state index in [1.165, 1.54) is 36.4 Å². The Balaban J connectivity index is 1.57. The summed E-state index contributed by atoms with van der Waals surface area (Å²) < 4.78 is 10.7. The summed E-state index contributed by atoms with van der Waals surface area (Å²) in [4.78, 5) is 45.2. The number of nitrogens with zero attached hydrogens (tertiary/aromatic N) is 3. The minimum Gasteiger partial charge on any atom is -0.504 e. The summed E-state index contributed by atoms with van der Waals surface area (Å²) in [5, 5.41) is 22.8. The van der Waals surface area contributed by atoms with Crippen LogP contribution in [0.15, 0.2) is 66.7 Å². The van der Waals surface area contributed by atoms with Gasteiger partial charge in [-0.15, -0.1) is 0 Å². The van der Waals surface area contributed by atoms with E-state index < -0.39 is 34.8 Å². The largest absolute Gasteiger partial charge is 0.504 e. The molecule has 3 atom stereocenters. The molecular weight excluding hydrogens is 482 g/mol. The third kappa shape index (κ3) is 4.08. The van der Waals surface area contributed by atoms with Crippen LogP contribution < -0.4 is 19.4 Å². The number of aromatic hydroxyl groups is 1. The number of phenolic OH excluding ortho intramolecular Hbond substituents is 1. The summed E-state index contributed by atoms with van der Waals surface area (Å²) in [6, 6.07) is 16.0. The van der Waals surface area contributed by atoms with Gasteiger partial charge >= 0.3 is 0 Å². The maximum atomic E-state index is 13.7. The Kier molecular flexibility index (Phi) is 6.14. The van der Waals surface area contributed by atoms with Gasteiger partial charge < -0.3 is 14.6 Å². The predicted octanol–water partition coefficient (Wildman–Crippen LogP) is 3.76. The van der Waals surface area contributed by atoms with Gasteiger partial charge in [0.15, 0.2) is 17.6 Å². The number of nitro groups is 1. The summed E-state index contributed by atoms with van der Waals surface area (Å²) in [6.07, 6.45) is -1.16. The van der Waals surface area contributed by atoms with Crippen LogP contribution in [0, 0.1) is 16.0 Å². The second kappa shape index (κ2) is 9.43. The number of hydrogen-bond donors (Lipinski definition) is 1. The van der Waals surface area contributed by atoms with Crippen molar-refractivity contribution >= 4 is 28.9 Å². The molecule has 2 amide bonds. The average Bonchev–Trinajstić information content (AvgIpc) is 3.41. The molecule has 2 heterocycles. The number of rotatable bonds is 7. The molecule has 0 bridgehead atoms. The van der Waals surface area contributed by atoms with E-state index in [1.54, 1.807) is 42.5 Å². The number of anilines is 2. The molecule has 11 nitrogen and oxygen atoms in total. The Morgan fingerprint density at radius 1 is 1.03 bits per heavy atom. The molecule has 1 N–H and O–H groups in total. The van der Waals surface area contributed by atoms with E-state index in [0.717, 1.165) is 4.90 Å². The second-order valence-electron chi connectivity index (χ2n) is 8.47. The molecular formula is C26H23N3O8. The lowest BCUT2D eigenvalue weighted by Crippen LogP contribution is -2.37. The number of fused-ring (bicyclic) bond motifs is 1. The van der Waals surface area contributed by atoms with Gasteiger partial charge in [0, 0.05) is 12.1 Å². The molecule has 0 aromatic heterocycles. The first-order valence-electron chi connectivity index (χ1n) is 11.5. The van der Waals surface area contributed by atoms with E-state index in [-0.39, 0.29) is 17.2 Å². The molecule has 5 rings (SSSR count). The van der Waals surface area contributed by atoms with Gasteiger partial charge in [-0.25, -0.2) is 9.96 Å². The summed E-state index contributed by atoms with van der Waals surface area (Å²) in [5.41, 5.74) is 1.02. The number of non-ortho nitro benzene ring substituents is 1. The first-order valence-corrected chi connectivity index (χ1v) is 11.5. The molecule has 0 unspecified atom stereocenters. The van der Waals surface area contributed by atoms with Crippen molar-refractivity contribution in [2.45, 2.75) is 19.1 Å². The predicted molar refractivity (Wildman–Crippen MR) is 131 cm³/mol. The summed E-state index contributed by atoms with van der Waals surface area (Å²) >= 11 is 0. The van der Waals surface area contributed by atoms with Gasteiger partial charge in [-0.1, -0.05) is 12.1 Å². The number of imide groups is 1. The zero-order chi connectivity index (χ0) is 26.3. The monoisotopic (exact) mass is 505 g/mol. The van der Waals surface area contributed by atoms with E-state index >= 15 is 0 Å². The number of carbonyl (C=O) groups excluding carboxylic acids is 2. The number of phenols is 1. The van der Waals surface area contributed by atoms with Gasteiger partial charge in [0.25, 0.3) is 11.6 Å². The summed E-state index contributed by atoms with van der Waals surface area (Å²) in [5.74, 6) is -1.33. The molecule has 3 aromatic carbocycles. The van der Waals surface area contributed by atoms with Gasteiger partial charge in [0.2, 0.25) is 5.91 Å². The van der Waals surface area contributed by atoms with Crippen molar-refractivity contribution in [3.63, 3.8) is 0 Å². The minimum atomic E-state index is -1.16. The Bertz CT molecular complexity index is 1380. The molecule has 190 valence electrons. The van der Waals surface area contributed by atoms with Gasteiger partial charge in [-0.05, 0) is 55.0 Å². The zero-order valence-corrected chi connectivity index (χ0v) is 19.9. The summed E-state index contributed by atoms with van der Waals surface area (Å²) in [6.45, 7) is 2.33. The van der Waals surface area contributed by atoms with Crippen molar-refractivity contribution in [1.82, 2.24) is 0 Å². The van der Waals surface area contributed by atoms with Crippen LogP contribution in [0.1, 0.15) is 18.5 Å². The maximum absolute atomic E-state index is 13.7. The number of hydroxylamine groups is 1. The maximum Gasteiger partial charge on any atom is 0.271 e. The fraction of sp³-hybridized carbons (Fsp3) is 0.231. The smallest absolute Gasteiger partial charge is 0.271 e. The molecule has 3 aromatic rings. The number of nitro benzene ring substituents is 1. The van der Waals surface area contributed by atoms with Crippen LogP contribution in [0.2, 0.25) is 0 Å². The third-order valence-electron chi connectivity index (χ3n) is 6.36. The van der Waals surface area contributed by atoms with Crippen LogP contribution >= 0.6 is 0 Å². The van der Waals surface area contributed by atoms with Crippen molar-refractivity contribution in [2.75, 3.05) is 23.7 Å². The molecule has 0 aliphatic carbocycles. The lowest BCUT2D eigenvalue weighted by Gasteiger charge is -2.29. The standard InChI is InChI=1S/C26H23N3O8/c1-3-36-19-10-8-16(9-11-19)27-25(31)22-23(15-7-12-20(30)21(13-15)35-2)28(37-24(22)26(27)32)17-5-4-6-18(14-17)29(33)34/h4-14,22-24,30H,3H2,1-2H3/t22-,23-,24+/m0/s1. The highest BCUT2D eigenvalue weighted by Crippen LogP contribution is 2.49. The fourth-order valence-corrected chi connectivity index (χ4v) is 4.71. The Morgan fingerprint density at radius 3 is 2.46 bits per heavy atom. The van der Waals surface area contributed by atoms with Gasteiger partial charge in [0.1, 0.15) is 11.7 Å². The Labute approximate surface area is 211 Å². The second-order valence-corrected chi connectivity index (χ2v) is 8.47. The molecule has 2 fully saturated rings.